The molecule has 30 heavy (non-hydrogen) atoms. The first-order valence-electron chi connectivity index (χ1n) is 10.2. The van der Waals surface area contributed by atoms with Gasteiger partial charge in [0.2, 0.25) is 0 Å². The normalized spacial score (nSPS) is 9.63. The number of tetrazole rings is 1. The van der Waals surface area contributed by atoms with Crippen LogP contribution < -0.4 is 4.80 Å². The first-order chi connectivity index (χ1) is 14.7. The number of nitroso groups, excluding NO2 is 1. The molecule has 1 aromatic heterocycles. The van der Waals surface area contributed by atoms with Crippen molar-refractivity contribution in [1.29, 1.82) is 0 Å². The second kappa shape index (κ2) is 11.4. The largest absolute Gasteiger partial charge is 0.340 e. The Labute approximate surface area is 177 Å². The van der Waals surface area contributed by atoms with Crippen LogP contribution in [0.15, 0.2) is 84.0 Å². The lowest BCUT2D eigenvalue weighted by molar-refractivity contribution is -0.734. The minimum atomic E-state index is 0.374. The van der Waals surface area contributed by atoms with Crippen molar-refractivity contribution >= 4 is 5.69 Å². The van der Waals surface area contributed by atoms with Crippen LogP contribution in [0.2, 0.25) is 0 Å². The molecular weight excluding hydrogens is 374 g/mol. The van der Waals surface area contributed by atoms with Gasteiger partial charge in [0.15, 0.2) is 5.69 Å². The topological polar surface area (TPSA) is 64.0 Å². The highest BCUT2D eigenvalue weighted by atomic mass is 16.3. The summed E-state index contributed by atoms with van der Waals surface area (Å²) in [5, 5.41) is 12.3. The molecule has 6 nitrogen and oxygen atoms in total. The number of aromatic nitrogens is 4. The molecule has 0 saturated heterocycles. The summed E-state index contributed by atoms with van der Waals surface area (Å²) in [5.41, 5.74) is 4.15. The molecule has 1 heterocycles. The minimum Gasteiger partial charge on any atom is -0.145 e. The Hall–Kier alpha value is -3.67. The Bertz CT molecular complexity index is 1040. The van der Waals surface area contributed by atoms with Gasteiger partial charge < -0.3 is 0 Å². The van der Waals surface area contributed by atoms with Gasteiger partial charge in [-0.3, -0.25) is 0 Å². The van der Waals surface area contributed by atoms with E-state index in [1.807, 2.05) is 89.2 Å². The minimum absolute atomic E-state index is 0.374. The third-order valence-electron chi connectivity index (χ3n) is 4.04. The van der Waals surface area contributed by atoms with Gasteiger partial charge in [0.25, 0.3) is 0 Å². The summed E-state index contributed by atoms with van der Waals surface area (Å²) in [4.78, 5) is 14.1. The Morgan fingerprint density at radius 1 is 0.800 bits per heavy atom. The summed E-state index contributed by atoms with van der Waals surface area (Å²) in [5.74, 6) is 0.615. The maximum Gasteiger partial charge on any atom is 0.340 e. The lowest BCUT2D eigenvalue weighted by Crippen LogP contribution is -2.43. The molecule has 6 heteroatoms. The zero-order valence-electron chi connectivity index (χ0n) is 18.1. The molecule has 0 N–H and O–H groups in total. The number of rotatable bonds is 4. The van der Waals surface area contributed by atoms with E-state index in [9.17, 15) is 4.91 Å². The summed E-state index contributed by atoms with van der Waals surface area (Å²) in [6.07, 6.45) is 0. The van der Waals surface area contributed by atoms with Crippen LogP contribution >= 0.6 is 0 Å². The molecule has 0 atom stereocenters. The summed E-state index contributed by atoms with van der Waals surface area (Å²) < 4.78 is 0. The Balaban J connectivity index is 0.000000757. The second-order valence-electron chi connectivity index (χ2n) is 5.91. The van der Waals surface area contributed by atoms with Gasteiger partial charge in [-0.25, -0.2) is 0 Å². The highest BCUT2D eigenvalue weighted by molar-refractivity contribution is 5.53. The number of hydrogen-bond acceptors (Lipinski definition) is 4. The third-order valence-corrected chi connectivity index (χ3v) is 4.04. The van der Waals surface area contributed by atoms with Gasteiger partial charge in [0.1, 0.15) is 11.4 Å². The molecule has 0 bridgehead atoms. The first-order valence-corrected chi connectivity index (χ1v) is 10.2. The van der Waals surface area contributed by atoms with Gasteiger partial charge in [0, 0.05) is 4.80 Å². The molecular formula is C24H28N5O+. The van der Waals surface area contributed by atoms with Crippen molar-refractivity contribution in [2.24, 2.45) is 5.18 Å². The average molecular weight is 403 g/mol. The van der Waals surface area contributed by atoms with Crippen molar-refractivity contribution < 1.29 is 4.80 Å². The van der Waals surface area contributed by atoms with Crippen LogP contribution in [-0.2, 0) is 0 Å². The molecule has 4 rings (SSSR count). The van der Waals surface area contributed by atoms with Gasteiger partial charge >= 0.3 is 5.82 Å². The average Bonchev–Trinajstić information content (AvgIpc) is 3.28. The standard InChI is InChI=1S/C20H16N5O.2C2H6/c1-15-7-11-18(12-8-15)24-21-20(16-5-3-2-4-6-16)22-25(24)19-13-9-17(23-26)10-14-19;2*1-2/h2-14H,1H3;2*1-2H3/q+1;;. The van der Waals surface area contributed by atoms with Crippen molar-refractivity contribution in [1.82, 2.24) is 15.0 Å². The fourth-order valence-corrected chi connectivity index (χ4v) is 2.65. The molecule has 0 unspecified atom stereocenters. The summed E-state index contributed by atoms with van der Waals surface area (Å²) in [7, 11) is 0. The van der Waals surface area contributed by atoms with E-state index >= 15 is 0 Å². The maximum absolute atomic E-state index is 10.7. The van der Waals surface area contributed by atoms with E-state index in [0.717, 1.165) is 16.9 Å². The van der Waals surface area contributed by atoms with E-state index < -0.39 is 0 Å². The highest BCUT2D eigenvalue weighted by Crippen LogP contribution is 2.17. The lowest BCUT2D eigenvalue weighted by Gasteiger charge is -2.00. The van der Waals surface area contributed by atoms with Gasteiger partial charge in [-0.05, 0) is 70.5 Å². The molecule has 3 aromatic carbocycles. The summed E-state index contributed by atoms with van der Waals surface area (Å²) in [6, 6.07) is 24.8. The van der Waals surface area contributed by atoms with Gasteiger partial charge in [-0.2, -0.15) is 0 Å². The predicted octanol–water partition coefficient (Wildman–Crippen LogP) is 5.97. The summed E-state index contributed by atoms with van der Waals surface area (Å²) >= 11 is 0. The van der Waals surface area contributed by atoms with Gasteiger partial charge in [-0.15, -0.1) is 4.91 Å². The predicted molar refractivity (Wildman–Crippen MR) is 121 cm³/mol. The molecule has 154 valence electrons. The van der Waals surface area contributed by atoms with E-state index in [1.54, 1.807) is 33.9 Å². The Morgan fingerprint density at radius 3 is 1.97 bits per heavy atom. The molecule has 0 aliphatic heterocycles. The number of aryl methyl sites for hydroxylation is 1. The van der Waals surface area contributed by atoms with Crippen molar-refractivity contribution in [3.05, 3.63) is 89.3 Å². The summed E-state index contributed by atoms with van der Waals surface area (Å²) in [6.45, 7) is 10.0. The molecule has 0 aliphatic rings. The highest BCUT2D eigenvalue weighted by Gasteiger charge is 2.23. The van der Waals surface area contributed by atoms with Crippen LogP contribution in [0.3, 0.4) is 0 Å². The zero-order chi connectivity index (χ0) is 21.9. The lowest BCUT2D eigenvalue weighted by atomic mass is 10.2. The van der Waals surface area contributed by atoms with E-state index in [0.29, 0.717) is 11.5 Å². The van der Waals surface area contributed by atoms with Crippen LogP contribution in [0.25, 0.3) is 22.8 Å². The molecule has 4 aromatic rings. The van der Waals surface area contributed by atoms with E-state index in [1.165, 1.54) is 5.56 Å². The SMILES string of the molecule is CC.CC.Cc1ccc(-[n+]2nc(-c3ccccc3)nn2-c2ccc(N=O)cc2)cc1. The monoisotopic (exact) mass is 402 g/mol. The maximum atomic E-state index is 10.7. The van der Waals surface area contributed by atoms with Crippen LogP contribution in [0, 0.1) is 11.8 Å². The van der Waals surface area contributed by atoms with Crippen LogP contribution in [0.4, 0.5) is 5.69 Å². The molecule has 0 spiro atoms. The van der Waals surface area contributed by atoms with Crippen molar-refractivity contribution in [2.75, 3.05) is 0 Å². The smallest absolute Gasteiger partial charge is 0.145 e. The van der Waals surface area contributed by atoms with E-state index in [2.05, 4.69) is 15.4 Å². The first kappa shape index (κ1) is 22.6. The fourth-order valence-electron chi connectivity index (χ4n) is 2.65. The number of benzene rings is 3. The fraction of sp³-hybridized carbons (Fsp3) is 0.208. The van der Waals surface area contributed by atoms with Crippen LogP contribution in [-0.4, -0.2) is 15.0 Å². The van der Waals surface area contributed by atoms with Crippen molar-refractivity contribution in [3.8, 4) is 22.8 Å². The molecule has 0 radical (unpaired) electrons. The van der Waals surface area contributed by atoms with Crippen LogP contribution in [0.5, 0.6) is 0 Å². The quantitative estimate of drug-likeness (QED) is 0.312. The molecule has 0 fully saturated rings. The zero-order valence-corrected chi connectivity index (χ0v) is 18.1. The van der Waals surface area contributed by atoms with E-state index in [-0.39, 0.29) is 0 Å². The van der Waals surface area contributed by atoms with Gasteiger partial charge in [0.05, 0.1) is 10.7 Å². The molecule has 0 amide bonds. The number of nitrogens with zero attached hydrogens (tertiary/aromatic N) is 5. The molecule has 0 aliphatic carbocycles. The third kappa shape index (κ3) is 5.23. The Kier molecular flexibility index (Phi) is 8.56. The van der Waals surface area contributed by atoms with E-state index in [4.69, 9.17) is 0 Å². The van der Waals surface area contributed by atoms with Crippen molar-refractivity contribution in [2.45, 2.75) is 34.6 Å². The Morgan fingerprint density at radius 2 is 1.40 bits per heavy atom. The van der Waals surface area contributed by atoms with Crippen LogP contribution in [0.1, 0.15) is 33.3 Å². The number of hydrogen-bond donors (Lipinski definition) is 0. The van der Waals surface area contributed by atoms with Gasteiger partial charge in [-0.1, -0.05) is 63.6 Å². The molecule has 0 saturated carbocycles. The van der Waals surface area contributed by atoms with Crippen molar-refractivity contribution in [3.63, 3.8) is 0 Å². The second-order valence-corrected chi connectivity index (χ2v) is 5.91.